The van der Waals surface area contributed by atoms with Crippen LogP contribution >= 0.6 is 24.0 Å². The number of amides is 1. The van der Waals surface area contributed by atoms with E-state index < -0.39 is 5.97 Å². The van der Waals surface area contributed by atoms with Crippen LogP contribution in [-0.4, -0.2) is 77.1 Å². The van der Waals surface area contributed by atoms with Crippen molar-refractivity contribution in [3.63, 3.8) is 0 Å². The summed E-state index contributed by atoms with van der Waals surface area (Å²) in [6, 6.07) is 16.0. The molecule has 0 unspecified atom stereocenters. The molecule has 35 heavy (non-hydrogen) atoms. The molecular weight excluding hydrogens is 484 g/mol. The van der Waals surface area contributed by atoms with Crippen LogP contribution in [0.1, 0.15) is 18.4 Å². The number of ether oxygens (including phenoxy) is 2. The monoisotopic (exact) mass is 512 g/mol. The minimum Gasteiger partial charge on any atom is -0.492 e. The molecule has 2 heterocycles. The van der Waals surface area contributed by atoms with Gasteiger partial charge in [0.1, 0.15) is 16.7 Å². The molecule has 2 saturated heterocycles. The molecule has 2 aliphatic rings. The normalized spacial score (nSPS) is 17.8. The van der Waals surface area contributed by atoms with Crippen molar-refractivity contribution >= 4 is 46.3 Å². The van der Waals surface area contributed by atoms with Crippen LogP contribution < -0.4 is 4.74 Å². The van der Waals surface area contributed by atoms with Crippen molar-refractivity contribution in [1.82, 2.24) is 9.80 Å². The molecule has 0 atom stereocenters. The van der Waals surface area contributed by atoms with E-state index in [0.29, 0.717) is 34.5 Å². The Bertz CT molecular complexity index is 1100. The molecule has 0 saturated carbocycles. The maximum atomic E-state index is 13.0. The van der Waals surface area contributed by atoms with Crippen LogP contribution in [0.15, 0.2) is 53.4 Å². The lowest BCUT2D eigenvalue weighted by Crippen LogP contribution is -2.38. The number of carbonyl (C=O) groups excluding carboxylic acids is 1. The third kappa shape index (κ3) is 6.91. The highest BCUT2D eigenvalue weighted by Crippen LogP contribution is 2.36. The molecule has 7 nitrogen and oxygen atoms in total. The molecule has 2 aliphatic heterocycles. The van der Waals surface area contributed by atoms with Crippen LogP contribution in [0.5, 0.6) is 5.75 Å². The number of rotatable bonds is 10. The number of nitrogens with zero attached hydrogens (tertiary/aromatic N) is 2. The first-order valence-electron chi connectivity index (χ1n) is 11.6. The van der Waals surface area contributed by atoms with Gasteiger partial charge in [-0.2, -0.15) is 0 Å². The van der Waals surface area contributed by atoms with Crippen LogP contribution in [0.3, 0.4) is 0 Å². The molecule has 0 bridgehead atoms. The Morgan fingerprint density at radius 3 is 2.63 bits per heavy atom. The van der Waals surface area contributed by atoms with Crippen LogP contribution in [0.2, 0.25) is 0 Å². The zero-order valence-corrected chi connectivity index (χ0v) is 21.0. The molecule has 0 aliphatic carbocycles. The summed E-state index contributed by atoms with van der Waals surface area (Å²) in [5, 5.41) is 8.89. The quantitative estimate of drug-likeness (QED) is 0.376. The average Bonchev–Trinajstić information content (AvgIpc) is 3.13. The Morgan fingerprint density at radius 2 is 1.89 bits per heavy atom. The predicted molar refractivity (Wildman–Crippen MR) is 141 cm³/mol. The van der Waals surface area contributed by atoms with E-state index in [1.54, 1.807) is 0 Å². The van der Waals surface area contributed by atoms with Gasteiger partial charge in [-0.05, 0) is 35.8 Å². The van der Waals surface area contributed by atoms with E-state index in [2.05, 4.69) is 4.90 Å². The maximum Gasteiger partial charge on any atom is 0.303 e. The molecule has 184 valence electrons. The summed E-state index contributed by atoms with van der Waals surface area (Å²) in [5.41, 5.74) is 2.90. The van der Waals surface area contributed by atoms with Crippen LogP contribution in [0.4, 0.5) is 0 Å². The van der Waals surface area contributed by atoms with Gasteiger partial charge in [0.25, 0.3) is 5.91 Å². The molecule has 1 amide bonds. The molecule has 2 aromatic carbocycles. The third-order valence-corrected chi connectivity index (χ3v) is 7.20. The van der Waals surface area contributed by atoms with Gasteiger partial charge in [-0.3, -0.25) is 19.4 Å². The van der Waals surface area contributed by atoms with Gasteiger partial charge < -0.3 is 14.6 Å². The van der Waals surface area contributed by atoms with E-state index >= 15 is 0 Å². The van der Waals surface area contributed by atoms with Gasteiger partial charge in [-0.1, -0.05) is 60.4 Å². The summed E-state index contributed by atoms with van der Waals surface area (Å²) < 4.78 is 12.0. The first-order valence-corrected chi connectivity index (χ1v) is 12.8. The van der Waals surface area contributed by atoms with Crippen LogP contribution in [0, 0.1) is 0 Å². The van der Waals surface area contributed by atoms with Crippen molar-refractivity contribution in [3.05, 3.63) is 59.0 Å². The summed E-state index contributed by atoms with van der Waals surface area (Å²) in [5.74, 6) is -0.383. The van der Waals surface area contributed by atoms with Crippen molar-refractivity contribution in [2.75, 3.05) is 46.0 Å². The summed E-state index contributed by atoms with van der Waals surface area (Å²) in [7, 11) is 0. The molecule has 4 rings (SSSR count). The number of benzene rings is 2. The fourth-order valence-corrected chi connectivity index (χ4v) is 5.23. The predicted octanol–water partition coefficient (Wildman–Crippen LogP) is 4.13. The van der Waals surface area contributed by atoms with Crippen LogP contribution in [-0.2, 0) is 14.3 Å². The Balaban J connectivity index is 1.54. The first kappa shape index (κ1) is 25.4. The molecular formula is C26H28N2O5S2. The molecule has 2 fully saturated rings. The maximum absolute atomic E-state index is 13.0. The van der Waals surface area contributed by atoms with Crippen molar-refractivity contribution in [1.29, 1.82) is 0 Å². The number of carboxylic acid groups (broad SMARTS) is 1. The second kappa shape index (κ2) is 12.3. The highest BCUT2D eigenvalue weighted by atomic mass is 32.2. The summed E-state index contributed by atoms with van der Waals surface area (Å²) in [6.07, 6.45) is 2.18. The number of hydrogen-bond donors (Lipinski definition) is 1. The topological polar surface area (TPSA) is 79.3 Å². The highest BCUT2D eigenvalue weighted by Gasteiger charge is 2.32. The minimum atomic E-state index is -0.887. The number of thiocarbonyl (C=S) groups is 1. The Morgan fingerprint density at radius 1 is 1.11 bits per heavy atom. The number of aliphatic carboxylic acids is 1. The molecule has 2 aromatic rings. The summed E-state index contributed by atoms with van der Waals surface area (Å²) >= 11 is 6.64. The van der Waals surface area contributed by atoms with Gasteiger partial charge >= 0.3 is 5.97 Å². The molecule has 0 spiro atoms. The smallest absolute Gasteiger partial charge is 0.303 e. The highest BCUT2D eigenvalue weighted by molar-refractivity contribution is 8.26. The van der Waals surface area contributed by atoms with Crippen molar-refractivity contribution < 1.29 is 24.2 Å². The van der Waals surface area contributed by atoms with Crippen molar-refractivity contribution in [2.24, 2.45) is 0 Å². The molecule has 0 aromatic heterocycles. The van der Waals surface area contributed by atoms with E-state index in [9.17, 15) is 9.59 Å². The molecule has 1 N–H and O–H groups in total. The number of thioether (sulfide) groups is 1. The van der Waals surface area contributed by atoms with Gasteiger partial charge in [0.2, 0.25) is 0 Å². The van der Waals surface area contributed by atoms with Gasteiger partial charge in [-0.15, -0.1) is 0 Å². The van der Waals surface area contributed by atoms with Crippen molar-refractivity contribution in [2.45, 2.75) is 12.8 Å². The van der Waals surface area contributed by atoms with E-state index in [1.807, 2.05) is 54.6 Å². The number of morpholine rings is 1. The lowest BCUT2D eigenvalue weighted by molar-refractivity contribution is -0.137. The zero-order chi connectivity index (χ0) is 24.6. The largest absolute Gasteiger partial charge is 0.492 e. The fourth-order valence-electron chi connectivity index (χ4n) is 3.93. The first-order chi connectivity index (χ1) is 17.0. The summed E-state index contributed by atoms with van der Waals surface area (Å²) in [6.45, 7) is 4.90. The summed E-state index contributed by atoms with van der Waals surface area (Å²) in [4.78, 5) is 28.2. The number of carboxylic acids is 1. The van der Waals surface area contributed by atoms with E-state index in [4.69, 9.17) is 26.8 Å². The SMILES string of the molecule is O=C(O)CCCN1C(=O)C(=Cc2cc(-c3ccccc3)ccc2OCCN2CCOCC2)SC1=S. The van der Waals surface area contributed by atoms with Gasteiger partial charge in [0.05, 0.1) is 18.1 Å². The fraction of sp³-hybridized carbons (Fsp3) is 0.346. The Kier molecular flexibility index (Phi) is 8.92. The van der Waals surface area contributed by atoms with Gasteiger partial charge in [0, 0.05) is 38.2 Å². The Hall–Kier alpha value is -2.72. The standard InChI is InChI=1S/C26H28N2O5S2/c29-24(30)7-4-10-28-25(31)23(35-26(28)34)18-21-17-20(19-5-2-1-3-6-19)8-9-22(21)33-16-13-27-11-14-32-15-12-27/h1-3,5-6,8-9,17-18H,4,7,10-16H2,(H,29,30). The van der Waals surface area contributed by atoms with Gasteiger partial charge in [-0.25, -0.2) is 0 Å². The van der Waals surface area contributed by atoms with Crippen molar-refractivity contribution in [3.8, 4) is 16.9 Å². The minimum absolute atomic E-state index is 0.00361. The van der Waals surface area contributed by atoms with Gasteiger partial charge in [0.15, 0.2) is 0 Å². The second-order valence-corrected chi connectivity index (χ2v) is 9.93. The number of hydrogen-bond acceptors (Lipinski definition) is 7. The van der Waals surface area contributed by atoms with E-state index in [-0.39, 0.29) is 12.3 Å². The molecule has 9 heteroatoms. The second-order valence-electron chi connectivity index (χ2n) is 8.25. The van der Waals surface area contributed by atoms with E-state index in [1.165, 1.54) is 16.7 Å². The zero-order valence-electron chi connectivity index (χ0n) is 19.4. The molecule has 0 radical (unpaired) electrons. The third-order valence-electron chi connectivity index (χ3n) is 5.82. The number of carbonyl (C=O) groups is 2. The average molecular weight is 513 g/mol. The Labute approximate surface area is 214 Å². The lowest BCUT2D eigenvalue weighted by atomic mass is 10.0. The van der Waals surface area contributed by atoms with E-state index in [0.717, 1.165) is 49.5 Å². The van der Waals surface area contributed by atoms with Crippen LogP contribution in [0.25, 0.3) is 17.2 Å². The lowest BCUT2D eigenvalue weighted by Gasteiger charge is -2.26.